The summed E-state index contributed by atoms with van der Waals surface area (Å²) in [5, 5.41) is 20.8. The van der Waals surface area contributed by atoms with E-state index in [1.807, 2.05) is 35.2 Å². The van der Waals surface area contributed by atoms with Gasteiger partial charge in [-0.25, -0.2) is 4.98 Å². The number of β-amino-alcohol motifs (C(OH)–C–C–N with tert-alkyl or cyclic N) is 1. The second-order valence-electron chi connectivity index (χ2n) is 5.23. The Morgan fingerprint density at radius 2 is 2.15 bits per heavy atom. The van der Waals surface area contributed by atoms with Gasteiger partial charge in [0.05, 0.1) is 16.6 Å². The van der Waals surface area contributed by atoms with Crippen LogP contribution in [0.4, 0.5) is 5.82 Å². The zero-order valence-electron chi connectivity index (χ0n) is 11.0. The van der Waals surface area contributed by atoms with Crippen LogP contribution in [-0.4, -0.2) is 41.0 Å². The van der Waals surface area contributed by atoms with Gasteiger partial charge < -0.3 is 15.1 Å². The molecule has 5 heteroatoms. The average molecular weight is 293 g/mol. The third-order valence-corrected chi connectivity index (χ3v) is 4.24. The molecule has 1 fully saturated rings. The first-order chi connectivity index (χ1) is 9.69. The van der Waals surface area contributed by atoms with Gasteiger partial charge >= 0.3 is 0 Å². The topological polar surface area (TPSA) is 56.6 Å². The maximum atomic E-state index is 10.0. The highest BCUT2D eigenvalue weighted by molar-refractivity contribution is 6.35. The van der Waals surface area contributed by atoms with Crippen molar-refractivity contribution in [2.24, 2.45) is 5.92 Å². The number of nitrogens with zero attached hydrogens (tertiary/aromatic N) is 2. The lowest BCUT2D eigenvalue weighted by Gasteiger charge is -2.35. The first kappa shape index (κ1) is 13.6. The first-order valence-electron chi connectivity index (χ1n) is 6.78. The fourth-order valence-corrected chi connectivity index (χ4v) is 2.90. The first-order valence-corrected chi connectivity index (χ1v) is 7.16. The monoisotopic (exact) mass is 292 g/mol. The van der Waals surface area contributed by atoms with E-state index in [1.165, 1.54) is 0 Å². The van der Waals surface area contributed by atoms with Gasteiger partial charge in [-0.05, 0) is 24.6 Å². The molecule has 20 heavy (non-hydrogen) atoms. The number of aliphatic hydroxyl groups excluding tert-OH is 2. The van der Waals surface area contributed by atoms with Crippen molar-refractivity contribution in [2.75, 3.05) is 24.6 Å². The molecule has 0 bridgehead atoms. The second-order valence-corrected chi connectivity index (χ2v) is 5.63. The van der Waals surface area contributed by atoms with E-state index in [1.54, 1.807) is 0 Å². The van der Waals surface area contributed by atoms with Gasteiger partial charge in [0, 0.05) is 31.0 Å². The molecule has 1 aromatic carbocycles. The molecular formula is C15H17ClN2O2. The molecule has 0 saturated carbocycles. The summed E-state index contributed by atoms with van der Waals surface area (Å²) in [6, 6.07) is 9.65. The molecule has 0 aliphatic carbocycles. The van der Waals surface area contributed by atoms with Crippen molar-refractivity contribution in [2.45, 2.75) is 12.5 Å². The van der Waals surface area contributed by atoms with E-state index in [0.717, 1.165) is 29.7 Å². The van der Waals surface area contributed by atoms with Crippen molar-refractivity contribution >= 4 is 28.3 Å². The Morgan fingerprint density at radius 1 is 1.30 bits per heavy atom. The third kappa shape index (κ3) is 2.46. The number of aromatic nitrogens is 1. The van der Waals surface area contributed by atoms with Crippen LogP contribution in [0.15, 0.2) is 30.3 Å². The molecule has 4 nitrogen and oxygen atoms in total. The Labute approximate surface area is 122 Å². The molecular weight excluding hydrogens is 276 g/mol. The number of pyridine rings is 1. The van der Waals surface area contributed by atoms with Gasteiger partial charge in [0.1, 0.15) is 5.82 Å². The van der Waals surface area contributed by atoms with Crippen LogP contribution in [-0.2, 0) is 0 Å². The van der Waals surface area contributed by atoms with E-state index < -0.39 is 6.10 Å². The zero-order valence-corrected chi connectivity index (χ0v) is 11.8. The number of anilines is 1. The number of para-hydroxylation sites is 1. The summed E-state index contributed by atoms with van der Waals surface area (Å²) in [7, 11) is 0. The number of aliphatic hydroxyl groups is 2. The Balaban J connectivity index is 1.89. The number of hydrogen-bond acceptors (Lipinski definition) is 4. The van der Waals surface area contributed by atoms with Crippen LogP contribution in [0.3, 0.4) is 0 Å². The molecule has 1 aromatic heterocycles. The molecule has 3 rings (SSSR count). The van der Waals surface area contributed by atoms with Crippen LogP contribution in [0, 0.1) is 5.92 Å². The second kappa shape index (κ2) is 5.56. The summed E-state index contributed by atoms with van der Waals surface area (Å²) >= 11 is 6.18. The van der Waals surface area contributed by atoms with Gasteiger partial charge in [-0.2, -0.15) is 0 Å². The highest BCUT2D eigenvalue weighted by Crippen LogP contribution is 2.27. The average Bonchev–Trinajstić information content (AvgIpc) is 2.47. The van der Waals surface area contributed by atoms with Crippen molar-refractivity contribution in [1.29, 1.82) is 0 Å². The van der Waals surface area contributed by atoms with Gasteiger partial charge in [-0.15, -0.1) is 0 Å². The van der Waals surface area contributed by atoms with Crippen LogP contribution in [0.5, 0.6) is 0 Å². The molecule has 1 aliphatic rings. The minimum atomic E-state index is -0.516. The van der Waals surface area contributed by atoms with Crippen molar-refractivity contribution in [3.8, 4) is 0 Å². The van der Waals surface area contributed by atoms with Gasteiger partial charge in [-0.1, -0.05) is 23.7 Å². The van der Waals surface area contributed by atoms with E-state index >= 15 is 0 Å². The van der Waals surface area contributed by atoms with E-state index in [2.05, 4.69) is 4.98 Å². The maximum Gasteiger partial charge on any atom is 0.129 e. The largest absolute Gasteiger partial charge is 0.396 e. The summed E-state index contributed by atoms with van der Waals surface area (Å²) in [5.41, 5.74) is 0.783. The molecule has 1 saturated heterocycles. The summed E-state index contributed by atoms with van der Waals surface area (Å²) in [6.07, 6.45) is 0.248. The highest BCUT2D eigenvalue weighted by Gasteiger charge is 2.27. The quantitative estimate of drug-likeness (QED) is 0.890. The number of benzene rings is 1. The predicted molar refractivity (Wildman–Crippen MR) is 80.2 cm³/mol. The van der Waals surface area contributed by atoms with Crippen LogP contribution in [0.2, 0.25) is 5.02 Å². The molecule has 0 radical (unpaired) electrons. The summed E-state index contributed by atoms with van der Waals surface area (Å²) in [6.45, 7) is 1.31. The summed E-state index contributed by atoms with van der Waals surface area (Å²) < 4.78 is 0. The zero-order chi connectivity index (χ0) is 14.1. The minimum Gasteiger partial charge on any atom is -0.396 e. The smallest absolute Gasteiger partial charge is 0.129 e. The Kier molecular flexibility index (Phi) is 3.78. The third-order valence-electron chi connectivity index (χ3n) is 3.94. The van der Waals surface area contributed by atoms with Crippen LogP contribution in [0.1, 0.15) is 6.42 Å². The van der Waals surface area contributed by atoms with Crippen molar-refractivity contribution in [1.82, 2.24) is 4.98 Å². The molecule has 2 atom stereocenters. The molecule has 1 aliphatic heterocycles. The van der Waals surface area contributed by atoms with Crippen LogP contribution in [0.25, 0.3) is 10.9 Å². The molecule has 2 heterocycles. The number of rotatable bonds is 2. The molecule has 0 spiro atoms. The summed E-state index contributed by atoms with van der Waals surface area (Å²) in [5.74, 6) is 0.788. The number of hydrogen-bond donors (Lipinski definition) is 2. The molecule has 2 aromatic rings. The molecule has 2 N–H and O–H groups in total. The van der Waals surface area contributed by atoms with Crippen molar-refractivity contribution < 1.29 is 10.2 Å². The number of piperidine rings is 1. The lowest BCUT2D eigenvalue weighted by molar-refractivity contribution is 0.0546. The lowest BCUT2D eigenvalue weighted by Crippen LogP contribution is -2.45. The van der Waals surface area contributed by atoms with Gasteiger partial charge in [-0.3, -0.25) is 0 Å². The van der Waals surface area contributed by atoms with Crippen molar-refractivity contribution in [3.05, 3.63) is 35.4 Å². The minimum absolute atomic E-state index is 0.0321. The lowest BCUT2D eigenvalue weighted by atomic mass is 9.95. The van der Waals surface area contributed by atoms with Gasteiger partial charge in [0.25, 0.3) is 0 Å². The number of fused-ring (bicyclic) bond motifs is 1. The number of halogens is 1. The van der Waals surface area contributed by atoms with E-state index in [-0.39, 0.29) is 12.5 Å². The molecule has 106 valence electrons. The SMILES string of the molecule is OC[C@H]1CCN(c2ccc3cccc(Cl)c3n2)C[C@H]1O. The Morgan fingerprint density at radius 3 is 2.90 bits per heavy atom. The summed E-state index contributed by atoms with van der Waals surface area (Å²) in [4.78, 5) is 6.65. The van der Waals surface area contributed by atoms with E-state index in [0.29, 0.717) is 11.6 Å². The Hall–Kier alpha value is -1.36. The standard InChI is InChI=1S/C15H17ClN2O2/c16-12-3-1-2-10-4-5-14(17-15(10)12)18-7-6-11(9-19)13(20)8-18/h1-5,11,13,19-20H,6-9H2/t11-,13-/m1/s1. The fraction of sp³-hybridized carbons (Fsp3) is 0.400. The molecule has 0 amide bonds. The van der Waals surface area contributed by atoms with E-state index in [4.69, 9.17) is 11.6 Å². The highest BCUT2D eigenvalue weighted by atomic mass is 35.5. The normalized spacial score (nSPS) is 23.2. The fourth-order valence-electron chi connectivity index (χ4n) is 2.68. The maximum absolute atomic E-state index is 10.0. The van der Waals surface area contributed by atoms with Gasteiger partial charge in [0.2, 0.25) is 0 Å². The van der Waals surface area contributed by atoms with Crippen LogP contribution < -0.4 is 4.90 Å². The molecule has 0 unspecified atom stereocenters. The van der Waals surface area contributed by atoms with E-state index in [9.17, 15) is 10.2 Å². The Bertz CT molecular complexity index is 620. The predicted octanol–water partition coefficient (Wildman–Crippen LogP) is 2.07. The van der Waals surface area contributed by atoms with Gasteiger partial charge in [0.15, 0.2) is 0 Å². The van der Waals surface area contributed by atoms with Crippen molar-refractivity contribution in [3.63, 3.8) is 0 Å². The van der Waals surface area contributed by atoms with Crippen LogP contribution >= 0.6 is 11.6 Å².